The van der Waals surface area contributed by atoms with E-state index in [-0.39, 0.29) is 69.4 Å². The van der Waals surface area contributed by atoms with Gasteiger partial charge in [0.1, 0.15) is 0 Å². The molecule has 0 atom stereocenters. The van der Waals surface area contributed by atoms with Crippen molar-refractivity contribution in [2.75, 3.05) is 0 Å². The van der Waals surface area contributed by atoms with E-state index < -0.39 is 0 Å². The van der Waals surface area contributed by atoms with Gasteiger partial charge < -0.3 is 0 Å². The molecule has 0 rings (SSSR count). The fourth-order valence-electron chi connectivity index (χ4n) is 0. The predicted molar refractivity (Wildman–Crippen MR) is 12.2 cm³/mol. The van der Waals surface area contributed by atoms with Gasteiger partial charge in [-0.1, -0.05) is 0 Å². The van der Waals surface area contributed by atoms with E-state index in [1.807, 2.05) is 0 Å². The third kappa shape index (κ3) is 20.7. The second-order valence-corrected chi connectivity index (χ2v) is 0. The summed E-state index contributed by atoms with van der Waals surface area (Å²) in [6.07, 6.45) is 0. The average Bonchev–Trinajstić information content (AvgIpc) is 1.00. The van der Waals surface area contributed by atoms with Crippen LogP contribution in [-0.2, 0) is 40.4 Å². The molecule has 0 aromatic rings. The van der Waals surface area contributed by atoms with Crippen LogP contribution in [0, 0.1) is 0 Å². The van der Waals surface area contributed by atoms with Crippen LogP contribution < -0.4 is 0 Å². The molecule has 0 spiro atoms. The smallest absolute Gasteiger partial charge is 0 e. The molecular formula is NiOPtSbSn. The molecule has 35 valence electrons. The van der Waals surface area contributed by atoms with Crippen LogP contribution in [0.15, 0.2) is 0 Å². The summed E-state index contributed by atoms with van der Waals surface area (Å²) >= 11 is 2.62. The Balaban J connectivity index is -0.00000000167. The van der Waals surface area contributed by atoms with Gasteiger partial charge in [0, 0.05) is 69.4 Å². The maximum atomic E-state index is 7.88. The topological polar surface area (TPSA) is 17.1 Å². The Labute approximate surface area is 87.3 Å². The van der Waals surface area contributed by atoms with Crippen molar-refractivity contribution in [1.82, 2.24) is 0 Å². The number of hydrogen-bond acceptors (Lipinski definition) is 1. The normalized spacial score (nSPS) is 1.20. The van der Waals surface area contributed by atoms with Crippen molar-refractivity contribution in [3.63, 3.8) is 0 Å². The monoisotopic (exact) mass is 510 g/mol. The fraction of sp³-hybridized carbons (Fsp3) is 0. The quantitative estimate of drug-likeness (QED) is 0.387. The van der Waals surface area contributed by atoms with Crippen LogP contribution in [0.1, 0.15) is 0 Å². The van der Waals surface area contributed by atoms with E-state index in [0.29, 0.717) is 0 Å². The summed E-state index contributed by atoms with van der Waals surface area (Å²) < 4.78 is 7.88. The summed E-state index contributed by atoms with van der Waals surface area (Å²) in [6, 6.07) is 0. The zero-order valence-corrected chi connectivity index (χ0v) is 10.7. The van der Waals surface area contributed by atoms with Crippen molar-refractivity contribution < 1.29 is 40.4 Å². The average molecular weight is 510 g/mol. The molecule has 0 aromatic heterocycles. The van der Waals surface area contributed by atoms with Gasteiger partial charge in [0.05, 0.1) is 0 Å². The molecule has 0 unspecified atom stereocenters. The van der Waals surface area contributed by atoms with Gasteiger partial charge in [-0.25, -0.2) is 0 Å². The Kier molecular flexibility index (Phi) is 157. The zero-order valence-electron chi connectivity index (χ0n) is 1.99. The Morgan fingerprint density at radius 2 is 1.20 bits per heavy atom. The summed E-state index contributed by atoms with van der Waals surface area (Å²) in [4.78, 5) is 0. The van der Waals surface area contributed by atoms with Crippen molar-refractivity contribution >= 4 is 48.3 Å². The Morgan fingerprint density at radius 3 is 1.20 bits per heavy atom. The number of rotatable bonds is 0. The van der Waals surface area contributed by atoms with Gasteiger partial charge in [-0.3, -0.25) is 0 Å². The maximum absolute atomic E-state index is 7.88. The molecule has 5 heteroatoms. The van der Waals surface area contributed by atoms with E-state index in [1.54, 1.807) is 0 Å². The first-order chi connectivity index (χ1) is 1.00. The molecule has 7 radical (unpaired) electrons. The fourth-order valence-corrected chi connectivity index (χ4v) is 0. The van der Waals surface area contributed by atoms with Crippen LogP contribution in [-0.4, -0.2) is 48.3 Å². The molecule has 0 aliphatic carbocycles. The van der Waals surface area contributed by atoms with Crippen LogP contribution in [0.4, 0.5) is 0 Å². The van der Waals surface area contributed by atoms with E-state index in [1.165, 1.54) is 0 Å². The molecule has 0 fully saturated rings. The van der Waals surface area contributed by atoms with Crippen molar-refractivity contribution in [3.8, 4) is 0 Å². The van der Waals surface area contributed by atoms with E-state index in [0.717, 1.165) is 0 Å². The second-order valence-electron chi connectivity index (χ2n) is 0. The van der Waals surface area contributed by atoms with Gasteiger partial charge in [0.15, 0.2) is 0 Å². The summed E-state index contributed by atoms with van der Waals surface area (Å²) in [7, 11) is 0. The van der Waals surface area contributed by atoms with Crippen molar-refractivity contribution in [1.29, 1.82) is 0 Å². The van der Waals surface area contributed by atoms with E-state index >= 15 is 0 Å². The third-order valence-electron chi connectivity index (χ3n) is 0. The third-order valence-corrected chi connectivity index (χ3v) is 0. The summed E-state index contributed by atoms with van der Waals surface area (Å²) in [5.74, 6) is 0. The SMILES string of the molecule is [O]=[Ni].[Pt].[Sb].[Sn]. The molecule has 0 aliphatic rings. The zero-order chi connectivity index (χ0) is 2.00. The van der Waals surface area contributed by atoms with Crippen LogP contribution in [0.25, 0.3) is 0 Å². The predicted octanol–water partition coefficient (Wildman–Crippen LogP) is -0.885. The molecule has 0 N–H and O–H groups in total. The molecule has 0 amide bonds. The first-order valence-corrected chi connectivity index (χ1v) is 0.532. The van der Waals surface area contributed by atoms with E-state index in [9.17, 15) is 0 Å². The summed E-state index contributed by atoms with van der Waals surface area (Å²) in [5.41, 5.74) is 0. The van der Waals surface area contributed by atoms with Gasteiger partial charge in [0.2, 0.25) is 0 Å². The molecule has 0 bridgehead atoms. The minimum Gasteiger partial charge on any atom is 0 e. The van der Waals surface area contributed by atoms with E-state index in [2.05, 4.69) is 15.4 Å². The van der Waals surface area contributed by atoms with Gasteiger partial charge >= 0.3 is 19.3 Å². The molecule has 0 heterocycles. The molecule has 5 heavy (non-hydrogen) atoms. The largest absolute Gasteiger partial charge is 0 e. The van der Waals surface area contributed by atoms with Gasteiger partial charge in [-0.15, -0.1) is 0 Å². The molecule has 0 saturated carbocycles. The Morgan fingerprint density at radius 1 is 1.20 bits per heavy atom. The summed E-state index contributed by atoms with van der Waals surface area (Å²) in [5, 5.41) is 0. The first-order valence-electron chi connectivity index (χ1n) is 0.129. The van der Waals surface area contributed by atoms with Crippen molar-refractivity contribution in [2.24, 2.45) is 0 Å². The second kappa shape index (κ2) is 30.6. The van der Waals surface area contributed by atoms with Gasteiger partial charge in [-0.05, 0) is 0 Å². The van der Waals surface area contributed by atoms with Crippen LogP contribution >= 0.6 is 0 Å². The number of hydrogen-bond donors (Lipinski definition) is 0. The Bertz CT molecular complexity index is 11.6. The van der Waals surface area contributed by atoms with Gasteiger partial charge in [0.25, 0.3) is 0 Å². The minimum atomic E-state index is 0. The molecule has 0 aromatic carbocycles. The van der Waals surface area contributed by atoms with Crippen LogP contribution in [0.3, 0.4) is 0 Å². The Hall–Kier alpha value is 2.60. The standard InChI is InChI=1S/Ni.O.Pt.Sb.Sn. The molecule has 1 nitrogen and oxygen atoms in total. The van der Waals surface area contributed by atoms with E-state index in [4.69, 9.17) is 3.90 Å². The molecule has 0 aliphatic heterocycles. The maximum Gasteiger partial charge on any atom is 0 e. The summed E-state index contributed by atoms with van der Waals surface area (Å²) in [6.45, 7) is 0. The van der Waals surface area contributed by atoms with Crippen LogP contribution in [0.5, 0.6) is 0 Å². The van der Waals surface area contributed by atoms with Crippen molar-refractivity contribution in [3.05, 3.63) is 0 Å². The van der Waals surface area contributed by atoms with Gasteiger partial charge in [-0.2, -0.15) is 0 Å². The van der Waals surface area contributed by atoms with Crippen molar-refractivity contribution in [2.45, 2.75) is 0 Å². The first kappa shape index (κ1) is 25.5. The minimum absolute atomic E-state index is 0. The van der Waals surface area contributed by atoms with Crippen LogP contribution in [0.2, 0.25) is 0 Å². The molecule has 0 saturated heterocycles. The molecular weight excluding hydrogens is 510 g/mol.